The minimum absolute atomic E-state index is 0.134. The molecule has 4 nitrogen and oxygen atoms in total. The fraction of sp³-hybridized carbons (Fsp3) is 0.733. The topological polar surface area (TPSA) is 54.0 Å². The average Bonchev–Trinajstić information content (AvgIpc) is 2.88. The fourth-order valence-corrected chi connectivity index (χ4v) is 4.16. The number of hydrogen-bond donors (Lipinski definition) is 2. The van der Waals surface area contributed by atoms with Gasteiger partial charge in [-0.15, -0.1) is 11.3 Å². The quantitative estimate of drug-likeness (QED) is 0.897. The first-order chi connectivity index (χ1) is 9.81. The molecule has 2 N–H and O–H groups in total. The normalized spacial score (nSPS) is 19.6. The second-order valence-electron chi connectivity index (χ2n) is 5.88. The molecule has 0 radical (unpaired) electrons. The Labute approximate surface area is 124 Å². The van der Waals surface area contributed by atoms with E-state index in [9.17, 15) is 4.79 Å². The van der Waals surface area contributed by atoms with Gasteiger partial charge in [-0.05, 0) is 64.0 Å². The molecular weight excluding hydrogens is 270 g/mol. The highest BCUT2D eigenvalue weighted by molar-refractivity contribution is 7.15. The highest BCUT2D eigenvalue weighted by Crippen LogP contribution is 2.29. The third-order valence-electron chi connectivity index (χ3n) is 4.33. The summed E-state index contributed by atoms with van der Waals surface area (Å²) in [5, 5.41) is 7.16. The molecule has 3 rings (SSSR count). The van der Waals surface area contributed by atoms with Crippen molar-refractivity contribution in [3.8, 4) is 0 Å². The summed E-state index contributed by atoms with van der Waals surface area (Å²) in [7, 11) is 0. The monoisotopic (exact) mass is 293 g/mol. The summed E-state index contributed by atoms with van der Waals surface area (Å²) in [5.74, 6) is 0.848. The molecule has 1 saturated heterocycles. The molecule has 5 heteroatoms. The van der Waals surface area contributed by atoms with Gasteiger partial charge in [0.05, 0.1) is 5.69 Å². The van der Waals surface area contributed by atoms with Crippen LogP contribution in [0.25, 0.3) is 0 Å². The van der Waals surface area contributed by atoms with Gasteiger partial charge in [0, 0.05) is 11.3 Å². The summed E-state index contributed by atoms with van der Waals surface area (Å²) < 4.78 is 0. The summed E-state index contributed by atoms with van der Waals surface area (Å²) >= 11 is 1.67. The molecule has 0 saturated carbocycles. The van der Waals surface area contributed by atoms with Crippen molar-refractivity contribution in [1.29, 1.82) is 0 Å². The predicted octanol–water partition coefficient (Wildman–Crippen LogP) is 2.74. The lowest BCUT2D eigenvalue weighted by molar-refractivity contribution is -0.116. The largest absolute Gasteiger partial charge is 0.317 e. The van der Waals surface area contributed by atoms with Crippen LogP contribution in [0.1, 0.15) is 49.1 Å². The predicted molar refractivity (Wildman–Crippen MR) is 82.2 cm³/mol. The number of aryl methyl sites for hydroxylation is 2. The van der Waals surface area contributed by atoms with Crippen LogP contribution >= 0.6 is 11.3 Å². The Balaban J connectivity index is 1.47. The number of hydrogen-bond acceptors (Lipinski definition) is 4. The van der Waals surface area contributed by atoms with E-state index in [1.807, 2.05) is 0 Å². The lowest BCUT2D eigenvalue weighted by atomic mass is 9.93. The number of aromatic nitrogens is 1. The minimum atomic E-state index is 0.134. The van der Waals surface area contributed by atoms with Crippen LogP contribution in [0.3, 0.4) is 0 Å². The first kappa shape index (κ1) is 14.0. The fourth-order valence-electron chi connectivity index (χ4n) is 3.09. The molecule has 1 aliphatic carbocycles. The van der Waals surface area contributed by atoms with Crippen LogP contribution in [0.2, 0.25) is 0 Å². The van der Waals surface area contributed by atoms with Gasteiger partial charge in [-0.3, -0.25) is 4.79 Å². The van der Waals surface area contributed by atoms with Gasteiger partial charge in [0.15, 0.2) is 5.13 Å². The number of piperidine rings is 1. The highest BCUT2D eigenvalue weighted by Gasteiger charge is 2.18. The zero-order valence-corrected chi connectivity index (χ0v) is 12.7. The molecule has 0 atom stereocenters. The SMILES string of the molecule is O=C(CCC1CCNCC1)Nc1nc2c(s1)CCCC2. The molecule has 110 valence electrons. The summed E-state index contributed by atoms with van der Waals surface area (Å²) in [6.07, 6.45) is 8.78. The highest BCUT2D eigenvalue weighted by atomic mass is 32.1. The Morgan fingerprint density at radius 2 is 2.10 bits per heavy atom. The summed E-state index contributed by atoms with van der Waals surface area (Å²) in [6.45, 7) is 2.21. The van der Waals surface area contributed by atoms with Gasteiger partial charge in [0.2, 0.25) is 5.91 Å². The van der Waals surface area contributed by atoms with Crippen molar-refractivity contribution in [2.24, 2.45) is 5.92 Å². The van der Waals surface area contributed by atoms with Crippen LogP contribution in [-0.4, -0.2) is 24.0 Å². The first-order valence-corrected chi connectivity index (χ1v) is 8.62. The van der Waals surface area contributed by atoms with E-state index in [4.69, 9.17) is 0 Å². The number of amides is 1. The molecule has 0 unspecified atom stereocenters. The number of carbonyl (C=O) groups excluding carboxylic acids is 1. The number of nitrogens with one attached hydrogen (secondary N) is 2. The van der Waals surface area contributed by atoms with Gasteiger partial charge in [0.1, 0.15) is 0 Å². The van der Waals surface area contributed by atoms with Crippen LogP contribution in [0.15, 0.2) is 0 Å². The maximum atomic E-state index is 12.0. The van der Waals surface area contributed by atoms with E-state index < -0.39 is 0 Å². The molecule has 1 amide bonds. The van der Waals surface area contributed by atoms with Crippen molar-refractivity contribution < 1.29 is 4.79 Å². The Morgan fingerprint density at radius 3 is 2.90 bits per heavy atom. The average molecular weight is 293 g/mol. The smallest absolute Gasteiger partial charge is 0.226 e. The second kappa shape index (κ2) is 6.68. The van der Waals surface area contributed by atoms with Gasteiger partial charge >= 0.3 is 0 Å². The number of carbonyl (C=O) groups is 1. The van der Waals surface area contributed by atoms with Gasteiger partial charge in [0.25, 0.3) is 0 Å². The van der Waals surface area contributed by atoms with Gasteiger partial charge < -0.3 is 10.6 Å². The molecule has 1 aromatic rings. The number of thiazole rings is 1. The lowest BCUT2D eigenvalue weighted by Crippen LogP contribution is -2.28. The van der Waals surface area contributed by atoms with Crippen molar-refractivity contribution in [3.05, 3.63) is 10.6 Å². The molecule has 1 aliphatic heterocycles. The maximum Gasteiger partial charge on any atom is 0.226 e. The van der Waals surface area contributed by atoms with Crippen LogP contribution in [0.4, 0.5) is 5.13 Å². The Kier molecular flexibility index (Phi) is 4.68. The molecule has 1 fully saturated rings. The number of rotatable bonds is 4. The summed E-state index contributed by atoms with van der Waals surface area (Å²) in [6, 6.07) is 0. The van der Waals surface area contributed by atoms with Crippen LogP contribution in [0, 0.1) is 5.92 Å². The molecule has 1 aromatic heterocycles. The van der Waals surface area contributed by atoms with Gasteiger partial charge in [-0.25, -0.2) is 4.98 Å². The number of nitrogens with zero attached hydrogens (tertiary/aromatic N) is 1. The first-order valence-electron chi connectivity index (χ1n) is 7.80. The third kappa shape index (κ3) is 3.58. The second-order valence-corrected chi connectivity index (χ2v) is 6.96. The van der Waals surface area contributed by atoms with E-state index in [0.717, 1.165) is 37.5 Å². The summed E-state index contributed by atoms with van der Waals surface area (Å²) in [5.41, 5.74) is 1.22. The van der Waals surface area contributed by atoms with Crippen molar-refractivity contribution >= 4 is 22.4 Å². The minimum Gasteiger partial charge on any atom is -0.317 e. The molecule has 0 spiro atoms. The van der Waals surface area contributed by atoms with E-state index in [2.05, 4.69) is 15.6 Å². The maximum absolute atomic E-state index is 12.0. The Morgan fingerprint density at radius 1 is 1.30 bits per heavy atom. The molecule has 0 bridgehead atoms. The zero-order chi connectivity index (χ0) is 13.8. The number of anilines is 1. The van der Waals surface area contributed by atoms with Gasteiger partial charge in [-0.1, -0.05) is 0 Å². The Hall–Kier alpha value is -0.940. The van der Waals surface area contributed by atoms with Crippen molar-refractivity contribution in [2.75, 3.05) is 18.4 Å². The van der Waals surface area contributed by atoms with E-state index >= 15 is 0 Å². The van der Waals surface area contributed by atoms with E-state index in [-0.39, 0.29) is 5.91 Å². The summed E-state index contributed by atoms with van der Waals surface area (Å²) in [4.78, 5) is 17.9. The lowest BCUT2D eigenvalue weighted by Gasteiger charge is -2.21. The van der Waals surface area contributed by atoms with Crippen molar-refractivity contribution in [3.63, 3.8) is 0 Å². The van der Waals surface area contributed by atoms with Crippen LogP contribution in [-0.2, 0) is 17.6 Å². The Bertz CT molecular complexity index is 442. The zero-order valence-electron chi connectivity index (χ0n) is 11.9. The molecule has 2 aliphatic rings. The molecule has 0 aromatic carbocycles. The van der Waals surface area contributed by atoms with E-state index in [0.29, 0.717) is 12.3 Å². The number of fused-ring (bicyclic) bond motifs is 1. The third-order valence-corrected chi connectivity index (χ3v) is 5.40. The van der Waals surface area contributed by atoms with Gasteiger partial charge in [-0.2, -0.15) is 0 Å². The molecule has 20 heavy (non-hydrogen) atoms. The van der Waals surface area contributed by atoms with E-state index in [1.54, 1.807) is 11.3 Å². The molecule has 2 heterocycles. The van der Waals surface area contributed by atoms with E-state index in [1.165, 1.54) is 36.3 Å². The van der Waals surface area contributed by atoms with Crippen LogP contribution < -0.4 is 10.6 Å². The van der Waals surface area contributed by atoms with Crippen LogP contribution in [0.5, 0.6) is 0 Å². The van der Waals surface area contributed by atoms with Crippen molar-refractivity contribution in [1.82, 2.24) is 10.3 Å². The molecular formula is C15H23N3OS. The standard InChI is InChI=1S/C15H23N3OS/c19-14(6-5-11-7-9-16-10-8-11)18-15-17-12-3-1-2-4-13(12)20-15/h11,16H,1-10H2,(H,17,18,19). The van der Waals surface area contributed by atoms with Crippen molar-refractivity contribution in [2.45, 2.75) is 51.4 Å².